The van der Waals surface area contributed by atoms with Crippen LogP contribution in [0.3, 0.4) is 0 Å². The van der Waals surface area contributed by atoms with Gasteiger partial charge in [-0.1, -0.05) is 0 Å². The molecule has 2 amide bonds. The summed E-state index contributed by atoms with van der Waals surface area (Å²) in [5.41, 5.74) is 3.46. The molecule has 1 aromatic carbocycles. The van der Waals surface area contributed by atoms with Crippen molar-refractivity contribution in [2.75, 3.05) is 5.32 Å². The van der Waals surface area contributed by atoms with Crippen molar-refractivity contribution >= 4 is 45.6 Å². The van der Waals surface area contributed by atoms with Gasteiger partial charge in [-0.3, -0.25) is 9.59 Å². The molecule has 0 bridgehead atoms. The van der Waals surface area contributed by atoms with E-state index in [0.29, 0.717) is 22.1 Å². The summed E-state index contributed by atoms with van der Waals surface area (Å²) in [6, 6.07) is 4.78. The van der Waals surface area contributed by atoms with E-state index in [9.17, 15) is 18.8 Å². The largest absolute Gasteiger partial charge is 0.479 e. The first-order chi connectivity index (χ1) is 14.9. The van der Waals surface area contributed by atoms with Crippen LogP contribution in [0, 0.1) is 5.82 Å². The fraction of sp³-hybridized carbons (Fsp3) is 0.211. The van der Waals surface area contributed by atoms with Crippen LogP contribution in [0.4, 0.5) is 9.52 Å². The number of nitrogens with zero attached hydrogens (tertiary/aromatic N) is 2. The van der Waals surface area contributed by atoms with Gasteiger partial charge in [0.1, 0.15) is 11.9 Å². The minimum atomic E-state index is -1.24. The topological polar surface area (TPSA) is 134 Å². The lowest BCUT2D eigenvalue weighted by molar-refractivity contribution is -0.138. The number of rotatable bonds is 8. The fourth-order valence-corrected chi connectivity index (χ4v) is 4.08. The molecule has 31 heavy (non-hydrogen) atoms. The number of halogens is 1. The number of carboxylic acids is 1. The molecule has 1 saturated heterocycles. The summed E-state index contributed by atoms with van der Waals surface area (Å²) in [6.07, 6.45) is -2.23. The molecule has 1 aliphatic rings. The van der Waals surface area contributed by atoms with Gasteiger partial charge in [-0.15, -0.1) is 22.7 Å². The van der Waals surface area contributed by atoms with Crippen LogP contribution in [0.5, 0.6) is 0 Å². The molecule has 1 aliphatic heterocycles. The first-order valence-electron chi connectivity index (χ1n) is 8.99. The quantitative estimate of drug-likeness (QED) is 0.436. The summed E-state index contributed by atoms with van der Waals surface area (Å²) in [7, 11) is 0. The summed E-state index contributed by atoms with van der Waals surface area (Å²) in [4.78, 5) is 44.5. The molecule has 3 N–H and O–H groups in total. The Bertz CT molecular complexity index is 1100. The van der Waals surface area contributed by atoms with E-state index in [-0.39, 0.29) is 12.2 Å². The first-order valence-corrected chi connectivity index (χ1v) is 10.8. The number of carbonyl (C=O) groups is 3. The Morgan fingerprint density at radius 1 is 1.19 bits per heavy atom. The summed E-state index contributed by atoms with van der Waals surface area (Å²) in [5.74, 6) is -2.82. The lowest BCUT2D eigenvalue weighted by Gasteiger charge is -2.16. The maximum Gasteiger partial charge on any atom is 0.336 e. The third-order valence-corrected chi connectivity index (χ3v) is 5.79. The van der Waals surface area contributed by atoms with E-state index in [1.54, 1.807) is 28.4 Å². The predicted molar refractivity (Wildman–Crippen MR) is 110 cm³/mol. The Kier molecular flexibility index (Phi) is 6.02. The van der Waals surface area contributed by atoms with Crippen molar-refractivity contribution in [3.8, 4) is 11.3 Å². The van der Waals surface area contributed by atoms with Gasteiger partial charge in [-0.2, -0.15) is 0 Å². The molecule has 160 valence electrons. The first kappa shape index (κ1) is 21.0. The number of benzene rings is 1. The highest BCUT2D eigenvalue weighted by molar-refractivity contribution is 7.14. The van der Waals surface area contributed by atoms with Gasteiger partial charge in [0, 0.05) is 22.7 Å². The van der Waals surface area contributed by atoms with Crippen LogP contribution in [0.25, 0.3) is 11.3 Å². The highest BCUT2D eigenvalue weighted by Crippen LogP contribution is 2.26. The van der Waals surface area contributed by atoms with E-state index in [2.05, 4.69) is 20.6 Å². The number of hydrogen-bond acceptors (Lipinski definition) is 8. The van der Waals surface area contributed by atoms with Gasteiger partial charge < -0.3 is 20.5 Å². The molecule has 4 rings (SSSR count). The van der Waals surface area contributed by atoms with E-state index in [1.807, 2.05) is 0 Å². The summed E-state index contributed by atoms with van der Waals surface area (Å²) >= 11 is 2.52. The van der Waals surface area contributed by atoms with Gasteiger partial charge in [0.15, 0.2) is 17.3 Å². The Labute approximate surface area is 182 Å². The average molecular weight is 462 g/mol. The minimum Gasteiger partial charge on any atom is -0.479 e. The predicted octanol–water partition coefficient (Wildman–Crippen LogP) is 1.92. The van der Waals surface area contributed by atoms with Crippen LogP contribution in [-0.2, 0) is 25.5 Å². The lowest BCUT2D eigenvalue weighted by atomic mass is 10.1. The molecule has 1 fully saturated rings. The van der Waals surface area contributed by atoms with E-state index >= 15 is 0 Å². The second-order valence-corrected chi connectivity index (χ2v) is 8.17. The van der Waals surface area contributed by atoms with Gasteiger partial charge in [0.25, 0.3) is 5.91 Å². The van der Waals surface area contributed by atoms with Gasteiger partial charge in [0.2, 0.25) is 5.91 Å². The lowest BCUT2D eigenvalue weighted by Crippen LogP contribution is -2.47. The number of hydrogen-bond donors (Lipinski definition) is 3. The van der Waals surface area contributed by atoms with Crippen LogP contribution in [0.15, 0.2) is 40.5 Å². The average Bonchev–Trinajstić information content (AvgIpc) is 3.15. The van der Waals surface area contributed by atoms with E-state index in [4.69, 9.17) is 9.84 Å². The SMILES string of the molecule is O=C(Nc1nc(-c2ccc(F)cc2)cs1)C(Cc1cscn1)NC(=O)[C@@H]1O[C@H]1C(=O)O. The van der Waals surface area contributed by atoms with Crippen LogP contribution < -0.4 is 10.6 Å². The molecule has 2 aromatic heterocycles. The molecule has 3 atom stereocenters. The maximum absolute atomic E-state index is 13.1. The van der Waals surface area contributed by atoms with Gasteiger partial charge in [-0.25, -0.2) is 19.2 Å². The zero-order valence-electron chi connectivity index (χ0n) is 15.6. The van der Waals surface area contributed by atoms with Crippen LogP contribution in [0.2, 0.25) is 0 Å². The van der Waals surface area contributed by atoms with Gasteiger partial charge in [0.05, 0.1) is 16.9 Å². The number of carbonyl (C=O) groups excluding carboxylic acids is 2. The minimum absolute atomic E-state index is 0.113. The molecule has 0 radical (unpaired) electrons. The maximum atomic E-state index is 13.1. The number of amides is 2. The molecule has 3 heterocycles. The molecular weight excluding hydrogens is 447 g/mol. The fourth-order valence-electron chi connectivity index (χ4n) is 2.79. The van der Waals surface area contributed by atoms with Crippen molar-refractivity contribution in [3.05, 3.63) is 52.0 Å². The van der Waals surface area contributed by atoms with E-state index in [0.717, 1.165) is 0 Å². The van der Waals surface area contributed by atoms with Crippen molar-refractivity contribution in [3.63, 3.8) is 0 Å². The Hall–Kier alpha value is -3.22. The molecule has 1 unspecified atom stereocenters. The van der Waals surface area contributed by atoms with Crippen molar-refractivity contribution in [1.82, 2.24) is 15.3 Å². The van der Waals surface area contributed by atoms with E-state index in [1.165, 1.54) is 34.8 Å². The molecule has 12 heteroatoms. The third kappa shape index (κ3) is 5.10. The second-order valence-electron chi connectivity index (χ2n) is 6.59. The zero-order valence-corrected chi connectivity index (χ0v) is 17.3. The number of carboxylic acid groups (broad SMARTS) is 1. The smallest absolute Gasteiger partial charge is 0.336 e. The van der Waals surface area contributed by atoms with Gasteiger partial charge >= 0.3 is 5.97 Å². The highest BCUT2D eigenvalue weighted by atomic mass is 32.1. The Balaban J connectivity index is 1.45. The zero-order chi connectivity index (χ0) is 22.0. The normalized spacial score (nSPS) is 18.2. The standard InChI is InChI=1S/C19H15FN4O5S2/c20-10-3-1-9(2-4-10)13-7-31-19(23-13)24-16(25)12(5-11-6-30-8-21-11)22-17(26)14-15(29-14)18(27)28/h1-4,6-8,12,14-15H,5H2,(H,22,26)(H,27,28)(H,23,24,25)/t12?,14-,15-/m1/s1. The number of anilines is 1. The van der Waals surface area contributed by atoms with Crippen molar-refractivity contribution in [1.29, 1.82) is 0 Å². The number of aliphatic carboxylic acids is 1. The number of thiazole rings is 2. The number of nitrogens with one attached hydrogen (secondary N) is 2. The summed E-state index contributed by atoms with van der Waals surface area (Å²) < 4.78 is 17.9. The van der Waals surface area contributed by atoms with Crippen LogP contribution in [-0.4, -0.2) is 51.1 Å². The molecule has 0 spiro atoms. The number of epoxide rings is 1. The summed E-state index contributed by atoms with van der Waals surface area (Å²) in [5, 5.41) is 17.8. The monoisotopic (exact) mass is 462 g/mol. The summed E-state index contributed by atoms with van der Waals surface area (Å²) in [6.45, 7) is 0. The third-order valence-electron chi connectivity index (χ3n) is 4.40. The molecule has 0 aliphatic carbocycles. The Morgan fingerprint density at radius 3 is 2.61 bits per heavy atom. The Morgan fingerprint density at radius 2 is 1.97 bits per heavy atom. The highest BCUT2D eigenvalue weighted by Gasteiger charge is 2.51. The van der Waals surface area contributed by atoms with Crippen molar-refractivity contribution < 1.29 is 28.6 Å². The van der Waals surface area contributed by atoms with Crippen molar-refractivity contribution in [2.24, 2.45) is 0 Å². The van der Waals surface area contributed by atoms with Gasteiger partial charge in [-0.05, 0) is 24.3 Å². The van der Waals surface area contributed by atoms with Crippen LogP contribution >= 0.6 is 22.7 Å². The van der Waals surface area contributed by atoms with Crippen LogP contribution in [0.1, 0.15) is 5.69 Å². The molecule has 9 nitrogen and oxygen atoms in total. The van der Waals surface area contributed by atoms with Crippen molar-refractivity contribution in [2.45, 2.75) is 24.7 Å². The second kappa shape index (κ2) is 8.88. The number of aromatic nitrogens is 2. The van der Waals surface area contributed by atoms with E-state index < -0.39 is 36.0 Å². The number of ether oxygens (including phenoxy) is 1. The molecule has 0 saturated carbocycles. The molecule has 3 aromatic rings. The molecular formula is C19H15FN4O5S2.